The molecular weight excluding hydrogens is 340 g/mol. The van der Waals surface area contributed by atoms with Gasteiger partial charge in [-0.2, -0.15) is 41.3 Å². The van der Waals surface area contributed by atoms with Crippen molar-refractivity contribution < 1.29 is 26.3 Å². The van der Waals surface area contributed by atoms with Crippen LogP contribution in [-0.4, -0.2) is 39.4 Å². The Balaban J connectivity index is 2.95. The van der Waals surface area contributed by atoms with Crippen LogP contribution in [-0.2, 0) is 0 Å². The molecule has 0 aromatic carbocycles. The van der Waals surface area contributed by atoms with Gasteiger partial charge in [-0.1, -0.05) is 6.92 Å². The van der Waals surface area contributed by atoms with Gasteiger partial charge in [0.2, 0.25) is 17.2 Å². The van der Waals surface area contributed by atoms with Gasteiger partial charge in [0.25, 0.3) is 0 Å². The molecule has 0 fully saturated rings. The number of hydrogen-bond acceptors (Lipinski definition) is 5. The Morgan fingerprint density at radius 2 is 1.45 bits per heavy atom. The number of aromatic nitrogens is 3. The smallest absolute Gasteiger partial charge is 0.343 e. The number of hydrogen-bond donors (Lipinski definition) is 2. The van der Waals surface area contributed by atoms with Crippen LogP contribution >= 0.6 is 11.6 Å². The summed E-state index contributed by atoms with van der Waals surface area (Å²) in [6, 6.07) is -3.97. The van der Waals surface area contributed by atoms with Crippen molar-refractivity contribution in [1.29, 1.82) is 0 Å². The molecule has 0 aliphatic rings. The van der Waals surface area contributed by atoms with E-state index in [2.05, 4.69) is 15.0 Å². The zero-order valence-corrected chi connectivity index (χ0v) is 12.1. The van der Waals surface area contributed by atoms with E-state index in [1.165, 1.54) is 6.92 Å². The summed E-state index contributed by atoms with van der Waals surface area (Å²) in [6.45, 7) is 2.08. The third kappa shape index (κ3) is 5.35. The molecule has 126 valence electrons. The molecule has 1 heterocycles. The molecule has 0 aliphatic heterocycles. The second kappa shape index (κ2) is 6.71. The summed E-state index contributed by atoms with van der Waals surface area (Å²) in [5.41, 5.74) is 0. The average Bonchev–Trinajstić information content (AvgIpc) is 2.32. The lowest BCUT2D eigenvalue weighted by Gasteiger charge is -2.21. The minimum atomic E-state index is -4.58. The van der Waals surface area contributed by atoms with Gasteiger partial charge in [0.05, 0.1) is 0 Å². The number of nitrogens with one attached hydrogen (secondary N) is 2. The van der Waals surface area contributed by atoms with Crippen molar-refractivity contribution in [1.82, 2.24) is 15.0 Å². The molecule has 0 bridgehead atoms. The zero-order valence-electron chi connectivity index (χ0n) is 11.3. The van der Waals surface area contributed by atoms with Crippen molar-refractivity contribution in [2.45, 2.75) is 44.7 Å². The predicted octanol–water partition coefficient (Wildman–Crippen LogP) is 3.64. The SMILES string of the molecule is CCC(Nc1nc(Cl)nc(N[C@H](C)C(F)(F)F)n1)C(F)(F)F. The van der Waals surface area contributed by atoms with E-state index in [9.17, 15) is 26.3 Å². The largest absolute Gasteiger partial charge is 0.408 e. The Morgan fingerprint density at radius 1 is 0.955 bits per heavy atom. The summed E-state index contributed by atoms with van der Waals surface area (Å²) in [5, 5.41) is 3.33. The Bertz CT molecular complexity index is 506. The van der Waals surface area contributed by atoms with Crippen LogP contribution in [0.3, 0.4) is 0 Å². The number of alkyl halides is 6. The van der Waals surface area contributed by atoms with Crippen LogP contribution in [0.1, 0.15) is 20.3 Å². The highest BCUT2D eigenvalue weighted by Crippen LogP contribution is 2.26. The quantitative estimate of drug-likeness (QED) is 0.793. The molecule has 22 heavy (non-hydrogen) atoms. The summed E-state index contributed by atoms with van der Waals surface area (Å²) in [7, 11) is 0. The van der Waals surface area contributed by atoms with Gasteiger partial charge in [0.1, 0.15) is 12.1 Å². The van der Waals surface area contributed by atoms with Crippen LogP contribution in [0.4, 0.5) is 38.2 Å². The molecule has 0 amide bonds. The highest BCUT2D eigenvalue weighted by atomic mass is 35.5. The van der Waals surface area contributed by atoms with E-state index < -0.39 is 41.6 Å². The van der Waals surface area contributed by atoms with Gasteiger partial charge < -0.3 is 10.6 Å². The Kier molecular flexibility index (Phi) is 5.65. The van der Waals surface area contributed by atoms with Crippen LogP contribution in [0.2, 0.25) is 5.28 Å². The molecule has 2 atom stereocenters. The van der Waals surface area contributed by atoms with Crippen molar-refractivity contribution in [2.75, 3.05) is 10.6 Å². The van der Waals surface area contributed by atoms with Crippen molar-refractivity contribution in [3.8, 4) is 0 Å². The number of anilines is 2. The zero-order chi connectivity index (χ0) is 17.1. The Morgan fingerprint density at radius 3 is 1.86 bits per heavy atom. The van der Waals surface area contributed by atoms with Crippen LogP contribution in [0.25, 0.3) is 0 Å². The third-order valence-electron chi connectivity index (χ3n) is 2.55. The van der Waals surface area contributed by atoms with E-state index in [0.29, 0.717) is 0 Å². The maximum absolute atomic E-state index is 12.6. The van der Waals surface area contributed by atoms with E-state index in [-0.39, 0.29) is 6.42 Å². The minimum Gasteiger partial charge on any atom is -0.343 e. The third-order valence-corrected chi connectivity index (χ3v) is 2.72. The fourth-order valence-electron chi connectivity index (χ4n) is 1.33. The van der Waals surface area contributed by atoms with Crippen LogP contribution in [0.5, 0.6) is 0 Å². The highest BCUT2D eigenvalue weighted by molar-refractivity contribution is 6.28. The maximum Gasteiger partial charge on any atom is 0.408 e. The van der Waals surface area contributed by atoms with Gasteiger partial charge in [0.15, 0.2) is 0 Å². The van der Waals surface area contributed by atoms with Gasteiger partial charge in [-0.3, -0.25) is 0 Å². The van der Waals surface area contributed by atoms with Crippen molar-refractivity contribution in [2.24, 2.45) is 0 Å². The molecule has 1 aromatic rings. The van der Waals surface area contributed by atoms with Crippen LogP contribution in [0, 0.1) is 0 Å². The van der Waals surface area contributed by atoms with Crippen LogP contribution in [0.15, 0.2) is 0 Å². The summed E-state index contributed by atoms with van der Waals surface area (Å²) in [5.74, 6) is -1.15. The lowest BCUT2D eigenvalue weighted by atomic mass is 10.2. The molecule has 1 rings (SSSR count). The fraction of sp³-hybridized carbons (Fsp3) is 0.700. The molecule has 0 saturated carbocycles. The van der Waals surface area contributed by atoms with Gasteiger partial charge in [-0.25, -0.2) is 0 Å². The first-order chi connectivity index (χ1) is 9.93. The molecule has 2 N–H and O–H groups in total. The number of halogens is 7. The van der Waals surface area contributed by atoms with Crippen molar-refractivity contribution >= 4 is 23.5 Å². The number of nitrogens with zero attached hydrogens (tertiary/aromatic N) is 3. The van der Waals surface area contributed by atoms with E-state index in [1.54, 1.807) is 0 Å². The van der Waals surface area contributed by atoms with Gasteiger partial charge >= 0.3 is 12.4 Å². The molecule has 0 aliphatic carbocycles. The standard InChI is InChI=1S/C10H12ClF6N5/c1-3-5(10(15,16)17)19-8-21-6(11)20-7(22-8)18-4(2)9(12,13)14/h4-5H,3H2,1-2H3,(H2,18,19,20,21,22)/t4-,5?/m1/s1. The first kappa shape index (κ1) is 18.5. The van der Waals surface area contributed by atoms with Gasteiger partial charge in [-0.05, 0) is 24.9 Å². The summed E-state index contributed by atoms with van der Waals surface area (Å²) < 4.78 is 75.2. The van der Waals surface area contributed by atoms with Crippen molar-refractivity contribution in [3.63, 3.8) is 0 Å². The first-order valence-corrected chi connectivity index (χ1v) is 6.39. The molecule has 0 radical (unpaired) electrons. The lowest BCUT2D eigenvalue weighted by Crippen LogP contribution is -2.36. The minimum absolute atomic E-state index is 0.325. The van der Waals surface area contributed by atoms with Crippen LogP contribution < -0.4 is 10.6 Å². The monoisotopic (exact) mass is 351 g/mol. The molecule has 1 aromatic heterocycles. The fourth-order valence-corrected chi connectivity index (χ4v) is 1.49. The van der Waals surface area contributed by atoms with Crippen molar-refractivity contribution in [3.05, 3.63) is 5.28 Å². The summed E-state index contributed by atoms with van der Waals surface area (Å²) in [6.07, 6.45) is -9.47. The first-order valence-electron chi connectivity index (χ1n) is 6.01. The van der Waals surface area contributed by atoms with E-state index >= 15 is 0 Å². The molecule has 0 spiro atoms. The van der Waals surface area contributed by atoms with Gasteiger partial charge in [-0.15, -0.1) is 0 Å². The second-order valence-electron chi connectivity index (χ2n) is 4.31. The lowest BCUT2D eigenvalue weighted by molar-refractivity contribution is -0.143. The molecule has 1 unspecified atom stereocenters. The second-order valence-corrected chi connectivity index (χ2v) is 4.64. The molecule has 5 nitrogen and oxygen atoms in total. The highest BCUT2D eigenvalue weighted by Gasteiger charge is 2.39. The summed E-state index contributed by atoms with van der Waals surface area (Å²) >= 11 is 5.48. The maximum atomic E-state index is 12.6. The number of rotatable bonds is 5. The predicted molar refractivity (Wildman–Crippen MR) is 67.7 cm³/mol. The van der Waals surface area contributed by atoms with Gasteiger partial charge in [0, 0.05) is 0 Å². The molecular formula is C10H12ClF6N5. The molecule has 0 saturated heterocycles. The Labute approximate surface area is 126 Å². The Hall–Kier alpha value is -1.52. The normalized spacial score (nSPS) is 15.3. The van der Waals surface area contributed by atoms with E-state index in [0.717, 1.165) is 6.92 Å². The van der Waals surface area contributed by atoms with E-state index in [4.69, 9.17) is 11.6 Å². The topological polar surface area (TPSA) is 62.7 Å². The molecule has 12 heteroatoms. The average molecular weight is 352 g/mol. The summed E-state index contributed by atoms with van der Waals surface area (Å²) in [4.78, 5) is 10.3. The van der Waals surface area contributed by atoms with E-state index in [1.807, 2.05) is 10.6 Å².